The molecular formula is C18H28O2Se. The molecule has 0 bridgehead atoms. The molecular weight excluding hydrogens is 327 g/mol. The third-order valence-corrected chi connectivity index (χ3v) is 6.68. The van der Waals surface area contributed by atoms with E-state index in [-0.39, 0.29) is 0 Å². The molecule has 0 aliphatic rings. The summed E-state index contributed by atoms with van der Waals surface area (Å²) in [5.41, 5.74) is 0. The first kappa shape index (κ1) is 18.1. The van der Waals surface area contributed by atoms with Crippen molar-refractivity contribution in [3.05, 3.63) is 41.4 Å². The van der Waals surface area contributed by atoms with E-state index in [2.05, 4.69) is 6.92 Å². The molecule has 0 atom stereocenters. The van der Waals surface area contributed by atoms with Crippen LogP contribution >= 0.6 is 0 Å². The van der Waals surface area contributed by atoms with Crippen molar-refractivity contribution < 1.29 is 7.67 Å². The molecule has 21 heavy (non-hydrogen) atoms. The predicted molar refractivity (Wildman–Crippen MR) is 89.6 cm³/mol. The molecule has 1 aromatic carbocycles. The van der Waals surface area contributed by atoms with E-state index in [9.17, 15) is 7.67 Å². The van der Waals surface area contributed by atoms with E-state index < -0.39 is 12.7 Å². The van der Waals surface area contributed by atoms with E-state index in [1.807, 2.05) is 12.1 Å². The summed E-state index contributed by atoms with van der Waals surface area (Å²) in [5, 5.41) is 0. The third-order valence-electron chi connectivity index (χ3n) is 3.57. The summed E-state index contributed by atoms with van der Waals surface area (Å²) in [6, 6.07) is 8.70. The van der Waals surface area contributed by atoms with Crippen molar-refractivity contribution in [2.24, 2.45) is 0 Å². The van der Waals surface area contributed by atoms with E-state index in [0.29, 0.717) is 4.46 Å². The second-order valence-electron chi connectivity index (χ2n) is 5.49. The molecule has 0 radical (unpaired) electrons. The molecule has 0 unspecified atom stereocenters. The Labute approximate surface area is 131 Å². The maximum atomic E-state index is 12.1. The van der Waals surface area contributed by atoms with E-state index in [0.717, 1.165) is 12.8 Å². The van der Waals surface area contributed by atoms with Gasteiger partial charge in [0.15, 0.2) is 0 Å². The van der Waals surface area contributed by atoms with Crippen molar-refractivity contribution >= 4 is 17.2 Å². The summed E-state index contributed by atoms with van der Waals surface area (Å²) in [4.78, 5) is 1.42. The summed E-state index contributed by atoms with van der Waals surface area (Å²) in [5.74, 6) is 0. The Morgan fingerprint density at radius 3 is 2.05 bits per heavy atom. The molecule has 3 heteroatoms. The predicted octanol–water partition coefficient (Wildman–Crippen LogP) is 4.82. The number of benzene rings is 1. The average Bonchev–Trinajstić information content (AvgIpc) is 2.50. The Kier molecular flexibility index (Phi) is 9.29. The van der Waals surface area contributed by atoms with E-state index >= 15 is 0 Å². The zero-order valence-electron chi connectivity index (χ0n) is 13.1. The maximum absolute atomic E-state index is 12.1. The fourth-order valence-corrected chi connectivity index (χ4v) is 4.55. The third kappa shape index (κ3) is 8.18. The van der Waals surface area contributed by atoms with Gasteiger partial charge in [0.1, 0.15) is 0 Å². The van der Waals surface area contributed by atoms with E-state index in [4.69, 9.17) is 0 Å². The van der Waals surface area contributed by atoms with E-state index in [1.165, 1.54) is 49.9 Å². The normalized spacial score (nSPS) is 12.0. The first-order valence-electron chi connectivity index (χ1n) is 8.13. The van der Waals surface area contributed by atoms with Crippen LogP contribution < -0.4 is 4.46 Å². The monoisotopic (exact) mass is 356 g/mol. The van der Waals surface area contributed by atoms with Gasteiger partial charge < -0.3 is 0 Å². The summed E-state index contributed by atoms with van der Waals surface area (Å²) in [6.45, 7) is 2.23. The van der Waals surface area contributed by atoms with Gasteiger partial charge in [0, 0.05) is 0 Å². The summed E-state index contributed by atoms with van der Waals surface area (Å²) < 4.78 is 24.6. The Morgan fingerprint density at radius 2 is 1.43 bits per heavy atom. The molecule has 0 saturated carbocycles. The topological polar surface area (TPSA) is 34.1 Å². The number of allylic oxidation sites excluding steroid dienone is 1. The molecule has 118 valence electrons. The van der Waals surface area contributed by atoms with Crippen molar-refractivity contribution in [1.29, 1.82) is 0 Å². The Hall–Kier alpha value is -0.921. The van der Waals surface area contributed by atoms with Gasteiger partial charge in [-0.3, -0.25) is 0 Å². The Morgan fingerprint density at radius 1 is 0.857 bits per heavy atom. The van der Waals surface area contributed by atoms with Crippen LogP contribution in [0.2, 0.25) is 0 Å². The molecule has 0 amide bonds. The van der Waals surface area contributed by atoms with Gasteiger partial charge >= 0.3 is 131 Å². The second-order valence-corrected chi connectivity index (χ2v) is 9.34. The molecule has 0 spiro atoms. The first-order chi connectivity index (χ1) is 10.2. The van der Waals surface area contributed by atoms with Crippen LogP contribution in [-0.4, -0.2) is 12.7 Å². The van der Waals surface area contributed by atoms with Gasteiger partial charge in [-0.25, -0.2) is 0 Å². The summed E-state index contributed by atoms with van der Waals surface area (Å²) >= 11 is -4.04. The van der Waals surface area contributed by atoms with Crippen LogP contribution in [0.5, 0.6) is 0 Å². The standard InChI is InChI=1S/C18H28O2Se/c1-2-3-4-5-6-7-8-9-10-14-17-21(19,20)18-15-12-11-13-16-18/h11-17H,2-10H2,1H3/b17-14+. The molecule has 0 saturated heterocycles. The van der Waals surface area contributed by atoms with Crippen LogP contribution in [0.3, 0.4) is 0 Å². The molecule has 1 rings (SSSR count). The van der Waals surface area contributed by atoms with Gasteiger partial charge in [0.25, 0.3) is 0 Å². The molecule has 2 nitrogen and oxygen atoms in total. The average molecular weight is 355 g/mol. The molecule has 0 N–H and O–H groups in total. The van der Waals surface area contributed by atoms with Crippen molar-refractivity contribution in [2.75, 3.05) is 0 Å². The molecule has 1 aromatic rings. The van der Waals surface area contributed by atoms with Crippen LogP contribution in [0.25, 0.3) is 0 Å². The SMILES string of the molecule is CCCCCCCCCC/C=C/[Se](=O)(=O)c1ccccc1. The minimum absolute atomic E-state index is 0.445. The molecule has 0 aliphatic carbocycles. The Balaban J connectivity index is 2.15. The first-order valence-corrected chi connectivity index (χ1v) is 11.4. The van der Waals surface area contributed by atoms with Gasteiger partial charge in [0.05, 0.1) is 0 Å². The van der Waals surface area contributed by atoms with Crippen molar-refractivity contribution in [1.82, 2.24) is 0 Å². The number of hydrogen-bond acceptors (Lipinski definition) is 2. The van der Waals surface area contributed by atoms with Crippen LogP contribution in [0, 0.1) is 0 Å². The number of hydrogen-bond donors (Lipinski definition) is 0. The van der Waals surface area contributed by atoms with Gasteiger partial charge in [-0.2, -0.15) is 0 Å². The van der Waals surface area contributed by atoms with Crippen LogP contribution in [0.1, 0.15) is 64.7 Å². The van der Waals surface area contributed by atoms with E-state index in [1.54, 1.807) is 24.3 Å². The molecule has 0 fully saturated rings. The summed E-state index contributed by atoms with van der Waals surface area (Å²) in [6.07, 6.45) is 12.9. The quantitative estimate of drug-likeness (QED) is 0.421. The fraction of sp³-hybridized carbons (Fsp3) is 0.556. The molecule has 0 aromatic heterocycles. The molecule has 0 aliphatic heterocycles. The van der Waals surface area contributed by atoms with Crippen LogP contribution in [0.4, 0.5) is 0 Å². The second kappa shape index (κ2) is 10.8. The van der Waals surface area contributed by atoms with Crippen molar-refractivity contribution in [2.45, 2.75) is 64.7 Å². The van der Waals surface area contributed by atoms with Gasteiger partial charge in [-0.05, 0) is 0 Å². The number of unbranched alkanes of at least 4 members (excludes halogenated alkanes) is 8. The van der Waals surface area contributed by atoms with Gasteiger partial charge in [-0.15, -0.1) is 0 Å². The zero-order chi connectivity index (χ0) is 15.4. The minimum atomic E-state index is -4.04. The van der Waals surface area contributed by atoms with Crippen molar-refractivity contribution in [3.8, 4) is 0 Å². The van der Waals surface area contributed by atoms with Crippen molar-refractivity contribution in [3.63, 3.8) is 0 Å². The Bertz CT molecular complexity index is 489. The van der Waals surface area contributed by atoms with Gasteiger partial charge in [-0.1, -0.05) is 0 Å². The summed E-state index contributed by atoms with van der Waals surface area (Å²) in [7, 11) is 0. The molecule has 0 heterocycles. The zero-order valence-corrected chi connectivity index (χ0v) is 14.8. The fourth-order valence-electron chi connectivity index (χ4n) is 2.28. The van der Waals surface area contributed by atoms with Crippen LogP contribution in [0.15, 0.2) is 41.4 Å². The number of rotatable bonds is 11. The van der Waals surface area contributed by atoms with Gasteiger partial charge in [0.2, 0.25) is 0 Å². The van der Waals surface area contributed by atoms with Crippen LogP contribution in [-0.2, 0) is 7.67 Å².